The molecular weight excluding hydrogens is 416 g/mol. The van der Waals surface area contributed by atoms with Crippen LogP contribution in [-0.2, 0) is 21.4 Å². The van der Waals surface area contributed by atoms with Gasteiger partial charge in [-0.05, 0) is 38.7 Å². The average Bonchev–Trinajstić information content (AvgIpc) is 3.34. The Balaban J connectivity index is 1.27. The van der Waals surface area contributed by atoms with E-state index in [2.05, 4.69) is 27.5 Å². The summed E-state index contributed by atoms with van der Waals surface area (Å²) < 4.78 is 32.4. The highest BCUT2D eigenvalue weighted by molar-refractivity contribution is 7.89. The molecule has 0 unspecified atom stereocenters. The zero-order valence-corrected chi connectivity index (χ0v) is 18.9. The molecule has 8 nitrogen and oxygen atoms in total. The predicted molar refractivity (Wildman–Crippen MR) is 116 cm³/mol. The Morgan fingerprint density at radius 3 is 2.48 bits per heavy atom. The number of aromatic nitrogens is 1. The van der Waals surface area contributed by atoms with E-state index < -0.39 is 10.0 Å². The van der Waals surface area contributed by atoms with E-state index in [1.807, 2.05) is 18.2 Å². The number of likely N-dealkylation sites (tertiary alicyclic amines) is 1. The van der Waals surface area contributed by atoms with Crippen molar-refractivity contribution in [1.82, 2.24) is 19.7 Å². The summed E-state index contributed by atoms with van der Waals surface area (Å²) in [6.07, 6.45) is 1.99. The summed E-state index contributed by atoms with van der Waals surface area (Å²) in [6.45, 7) is 6.60. The zero-order valence-electron chi connectivity index (χ0n) is 18.1. The molecule has 2 aliphatic rings. The second kappa shape index (κ2) is 9.10. The summed E-state index contributed by atoms with van der Waals surface area (Å²) in [5, 5.41) is 6.95. The molecule has 4 rings (SSSR count). The normalized spacial score (nSPS) is 21.4. The number of piperidine rings is 1. The van der Waals surface area contributed by atoms with E-state index in [-0.39, 0.29) is 22.8 Å². The molecule has 9 heteroatoms. The number of carbonyl (C=O) groups excluding carboxylic acids is 1. The molecule has 2 saturated heterocycles. The molecule has 31 heavy (non-hydrogen) atoms. The fourth-order valence-corrected chi connectivity index (χ4v) is 6.35. The van der Waals surface area contributed by atoms with Gasteiger partial charge in [0.15, 0.2) is 5.76 Å². The SMILES string of the molecule is Cc1noc(C)c1S(=O)(=O)N1CCC(C(=O)N[C@H]2CCN(Cc3ccccc3)C2)CC1. The molecule has 168 valence electrons. The van der Waals surface area contributed by atoms with Gasteiger partial charge in [0.2, 0.25) is 15.9 Å². The van der Waals surface area contributed by atoms with E-state index in [1.165, 1.54) is 9.87 Å². The number of sulfonamides is 1. The van der Waals surface area contributed by atoms with Gasteiger partial charge in [0.05, 0.1) is 0 Å². The van der Waals surface area contributed by atoms with Crippen molar-refractivity contribution in [3.63, 3.8) is 0 Å². The van der Waals surface area contributed by atoms with Gasteiger partial charge in [-0.1, -0.05) is 35.5 Å². The largest absolute Gasteiger partial charge is 0.360 e. The highest BCUT2D eigenvalue weighted by Gasteiger charge is 2.36. The third kappa shape index (κ3) is 4.83. The lowest BCUT2D eigenvalue weighted by atomic mass is 9.97. The van der Waals surface area contributed by atoms with Gasteiger partial charge in [-0.15, -0.1) is 0 Å². The lowest BCUT2D eigenvalue weighted by molar-refractivity contribution is -0.126. The van der Waals surface area contributed by atoms with Gasteiger partial charge in [-0.2, -0.15) is 4.31 Å². The van der Waals surface area contributed by atoms with Crippen molar-refractivity contribution in [3.8, 4) is 0 Å². The smallest absolute Gasteiger partial charge is 0.248 e. The van der Waals surface area contributed by atoms with Crippen LogP contribution < -0.4 is 5.32 Å². The molecule has 1 N–H and O–H groups in total. The van der Waals surface area contributed by atoms with Crippen molar-refractivity contribution in [3.05, 3.63) is 47.3 Å². The summed E-state index contributed by atoms with van der Waals surface area (Å²) in [5.74, 6) is 0.193. The summed E-state index contributed by atoms with van der Waals surface area (Å²) in [7, 11) is -3.65. The summed E-state index contributed by atoms with van der Waals surface area (Å²) >= 11 is 0. The molecule has 3 heterocycles. The van der Waals surface area contributed by atoms with Crippen molar-refractivity contribution in [2.45, 2.75) is 50.6 Å². The van der Waals surface area contributed by atoms with Crippen LogP contribution in [0.25, 0.3) is 0 Å². The Hall–Kier alpha value is -2.23. The Kier molecular flexibility index (Phi) is 6.45. The molecule has 2 aromatic rings. The number of aryl methyl sites for hydroxylation is 2. The van der Waals surface area contributed by atoms with Crippen molar-refractivity contribution >= 4 is 15.9 Å². The Labute approximate surface area is 183 Å². The molecule has 0 radical (unpaired) electrons. The Morgan fingerprint density at radius 1 is 1.13 bits per heavy atom. The van der Waals surface area contributed by atoms with E-state index in [0.29, 0.717) is 37.4 Å². The monoisotopic (exact) mass is 446 g/mol. The third-order valence-electron chi connectivity index (χ3n) is 6.26. The topological polar surface area (TPSA) is 95.8 Å². The van der Waals surface area contributed by atoms with Gasteiger partial charge in [-0.25, -0.2) is 8.42 Å². The molecule has 1 aromatic carbocycles. The van der Waals surface area contributed by atoms with E-state index in [9.17, 15) is 13.2 Å². The fraction of sp³-hybridized carbons (Fsp3) is 0.545. The first kappa shape index (κ1) is 22.0. The maximum absolute atomic E-state index is 13.0. The maximum Gasteiger partial charge on any atom is 0.248 e. The van der Waals surface area contributed by atoms with Crippen LogP contribution in [0.3, 0.4) is 0 Å². The molecule has 1 amide bonds. The Morgan fingerprint density at radius 2 is 1.84 bits per heavy atom. The molecule has 2 fully saturated rings. The average molecular weight is 447 g/mol. The maximum atomic E-state index is 13.0. The third-order valence-corrected chi connectivity index (χ3v) is 8.40. The second-order valence-corrected chi connectivity index (χ2v) is 10.4. The fourth-order valence-electron chi connectivity index (χ4n) is 4.59. The first-order valence-corrected chi connectivity index (χ1v) is 12.3. The van der Waals surface area contributed by atoms with Crippen molar-refractivity contribution in [2.24, 2.45) is 5.92 Å². The van der Waals surface area contributed by atoms with Crippen LogP contribution in [0.5, 0.6) is 0 Å². The van der Waals surface area contributed by atoms with Crippen LogP contribution in [-0.4, -0.2) is 60.9 Å². The number of nitrogens with one attached hydrogen (secondary N) is 1. The summed E-state index contributed by atoms with van der Waals surface area (Å²) in [5.41, 5.74) is 1.65. The van der Waals surface area contributed by atoms with Crippen LogP contribution in [0, 0.1) is 19.8 Å². The van der Waals surface area contributed by atoms with E-state index in [4.69, 9.17) is 4.52 Å². The van der Waals surface area contributed by atoms with Crippen molar-refractivity contribution in [1.29, 1.82) is 0 Å². The standard InChI is InChI=1S/C22H30N4O4S/c1-16-21(17(2)30-24-16)31(28,29)26-12-8-19(9-13-26)22(27)23-20-10-11-25(15-20)14-18-6-4-3-5-7-18/h3-7,19-20H,8-15H2,1-2H3,(H,23,27)/t20-/m0/s1. The number of hydrogen-bond donors (Lipinski definition) is 1. The first-order valence-electron chi connectivity index (χ1n) is 10.8. The molecule has 0 bridgehead atoms. The zero-order chi connectivity index (χ0) is 22.0. The number of nitrogens with zero attached hydrogens (tertiary/aromatic N) is 3. The second-order valence-electron chi connectivity index (χ2n) is 8.55. The molecule has 2 aliphatic heterocycles. The van der Waals surface area contributed by atoms with Crippen LogP contribution in [0.2, 0.25) is 0 Å². The van der Waals surface area contributed by atoms with Crippen LogP contribution in [0.1, 0.15) is 36.3 Å². The van der Waals surface area contributed by atoms with Gasteiger partial charge in [0, 0.05) is 44.7 Å². The van der Waals surface area contributed by atoms with Crippen molar-refractivity contribution in [2.75, 3.05) is 26.2 Å². The van der Waals surface area contributed by atoms with E-state index in [1.54, 1.807) is 13.8 Å². The van der Waals surface area contributed by atoms with Gasteiger partial charge in [-0.3, -0.25) is 9.69 Å². The highest BCUT2D eigenvalue weighted by Crippen LogP contribution is 2.28. The molecule has 0 spiro atoms. The molecule has 1 atom stereocenters. The number of amides is 1. The lowest BCUT2D eigenvalue weighted by Crippen LogP contribution is -2.46. The molecule has 0 saturated carbocycles. The number of rotatable bonds is 6. The van der Waals surface area contributed by atoms with Crippen molar-refractivity contribution < 1.29 is 17.7 Å². The van der Waals surface area contributed by atoms with Crippen LogP contribution in [0.4, 0.5) is 0 Å². The minimum absolute atomic E-state index is 0.0425. The summed E-state index contributed by atoms with van der Waals surface area (Å²) in [4.78, 5) is 15.3. The van der Waals surface area contributed by atoms with Crippen LogP contribution >= 0.6 is 0 Å². The first-order chi connectivity index (χ1) is 14.8. The highest BCUT2D eigenvalue weighted by atomic mass is 32.2. The molecular formula is C22H30N4O4S. The number of carbonyl (C=O) groups is 1. The van der Waals surface area contributed by atoms with E-state index >= 15 is 0 Å². The minimum Gasteiger partial charge on any atom is -0.360 e. The number of benzene rings is 1. The van der Waals surface area contributed by atoms with E-state index in [0.717, 1.165) is 26.1 Å². The Bertz CT molecular complexity index is 994. The summed E-state index contributed by atoms with van der Waals surface area (Å²) in [6, 6.07) is 10.5. The predicted octanol–water partition coefficient (Wildman–Crippen LogP) is 2.08. The van der Waals surface area contributed by atoms with Gasteiger partial charge < -0.3 is 9.84 Å². The molecule has 0 aliphatic carbocycles. The minimum atomic E-state index is -3.65. The number of hydrogen-bond acceptors (Lipinski definition) is 6. The van der Waals surface area contributed by atoms with Crippen LogP contribution in [0.15, 0.2) is 39.8 Å². The van der Waals surface area contributed by atoms with Gasteiger partial charge in [0.1, 0.15) is 10.6 Å². The molecule has 1 aromatic heterocycles. The lowest BCUT2D eigenvalue weighted by Gasteiger charge is -2.31. The quantitative estimate of drug-likeness (QED) is 0.730. The van der Waals surface area contributed by atoms with Gasteiger partial charge in [0.25, 0.3) is 0 Å². The van der Waals surface area contributed by atoms with Gasteiger partial charge >= 0.3 is 0 Å².